The molecule has 54 valence electrons. The van der Waals surface area contributed by atoms with Crippen LogP contribution >= 0.6 is 0 Å². The quantitative estimate of drug-likeness (QED) is 0.500. The van der Waals surface area contributed by atoms with E-state index in [2.05, 4.69) is 13.8 Å². The van der Waals surface area contributed by atoms with Gasteiger partial charge in [-0.05, 0) is 5.92 Å². The third-order valence-electron chi connectivity index (χ3n) is 0.873. The molecule has 0 fully saturated rings. The molecule has 0 spiro atoms. The average Bonchev–Trinajstić information content (AvgIpc) is 1.61. The van der Waals surface area contributed by atoms with Crippen molar-refractivity contribution in [3.05, 3.63) is 6.61 Å². The molecule has 0 bridgehead atoms. The summed E-state index contributed by atoms with van der Waals surface area (Å²) in [6.07, 6.45) is 1.92. The van der Waals surface area contributed by atoms with Gasteiger partial charge in [0.15, 0.2) is 0 Å². The molecule has 0 aromatic heterocycles. The summed E-state index contributed by atoms with van der Waals surface area (Å²) in [5, 5.41) is 8.19. The van der Waals surface area contributed by atoms with Crippen molar-refractivity contribution in [1.29, 1.82) is 0 Å². The van der Waals surface area contributed by atoms with Gasteiger partial charge < -0.3 is 5.11 Å². The zero-order chi connectivity index (χ0) is 5.70. The molecule has 0 atom stereocenters. The van der Waals surface area contributed by atoms with E-state index >= 15 is 0 Å². The van der Waals surface area contributed by atoms with Gasteiger partial charge in [-0.25, -0.2) is 6.61 Å². The van der Waals surface area contributed by atoms with Crippen LogP contribution in [0.4, 0.5) is 0 Å². The van der Waals surface area contributed by atoms with Crippen molar-refractivity contribution in [1.82, 2.24) is 0 Å². The van der Waals surface area contributed by atoms with E-state index in [1.54, 1.807) is 0 Å². The minimum Gasteiger partial charge on any atom is -0.566 e. The fourth-order valence-electron chi connectivity index (χ4n) is 0.408. The second-order valence-corrected chi connectivity index (χ2v) is 2.15. The summed E-state index contributed by atoms with van der Waals surface area (Å²) < 4.78 is 0. The van der Waals surface area contributed by atoms with Crippen LogP contribution in [0.1, 0.15) is 26.7 Å². The molecule has 0 aromatic rings. The van der Waals surface area contributed by atoms with Gasteiger partial charge in [0.25, 0.3) is 0 Å². The largest absolute Gasteiger partial charge is 1.00 e. The Bertz CT molecular complexity index is 37.5. The summed E-state index contributed by atoms with van der Waals surface area (Å²) in [5.41, 5.74) is 0. The van der Waals surface area contributed by atoms with E-state index in [1.807, 2.05) is 0 Å². The molecule has 8 heavy (non-hydrogen) atoms. The van der Waals surface area contributed by atoms with Gasteiger partial charge in [-0.3, -0.25) is 0 Å². The molecule has 0 aliphatic carbocycles. The molecule has 0 saturated carbocycles. The van der Waals surface area contributed by atoms with Gasteiger partial charge in [0.1, 0.15) is 0 Å². The van der Waals surface area contributed by atoms with Crippen LogP contribution in [-0.2, 0) is 17.1 Å². The summed E-state index contributed by atoms with van der Waals surface area (Å²) >= 11 is 0. The number of rotatable bonds is 3. The van der Waals surface area contributed by atoms with E-state index in [1.165, 1.54) is 6.61 Å². The zero-order valence-electron chi connectivity index (χ0n) is 5.32. The van der Waals surface area contributed by atoms with Gasteiger partial charge in [-0.1, -0.05) is 20.3 Å². The first-order valence-electron chi connectivity index (χ1n) is 2.73. The molecular weight excluding hydrogens is 152 g/mol. The maximum absolute atomic E-state index is 8.19. The van der Waals surface area contributed by atoms with E-state index < -0.39 is 0 Å². The predicted octanol–water partition coefficient (Wildman–Crippen LogP) is 1.95. The summed E-state index contributed by atoms with van der Waals surface area (Å²) in [7, 11) is 0. The van der Waals surface area contributed by atoms with Crippen molar-refractivity contribution < 1.29 is 22.2 Å². The van der Waals surface area contributed by atoms with E-state index in [0.29, 0.717) is 5.92 Å². The smallest absolute Gasteiger partial charge is 0.566 e. The van der Waals surface area contributed by atoms with E-state index in [9.17, 15) is 0 Å². The van der Waals surface area contributed by atoms with Crippen molar-refractivity contribution in [2.45, 2.75) is 26.7 Å². The van der Waals surface area contributed by atoms with E-state index in [-0.39, 0.29) is 17.1 Å². The van der Waals surface area contributed by atoms with Gasteiger partial charge in [0.05, 0.1) is 0 Å². The van der Waals surface area contributed by atoms with Gasteiger partial charge in [0, 0.05) is 0 Å². The Morgan fingerprint density at radius 1 is 1.50 bits per heavy atom. The van der Waals surface area contributed by atoms with Gasteiger partial charge in [0.2, 0.25) is 0 Å². The number of aliphatic hydroxyl groups is 1. The number of aliphatic hydroxyl groups excluding tert-OH is 1. The predicted molar refractivity (Wildman–Crippen MR) is 30.3 cm³/mol. The van der Waals surface area contributed by atoms with Crippen LogP contribution < -0.4 is 0 Å². The Morgan fingerprint density at radius 2 is 2.00 bits per heavy atom. The molecule has 0 amide bonds. The fraction of sp³-hybridized carbons (Fsp3) is 0.833. The first kappa shape index (κ1) is 11.3. The van der Waals surface area contributed by atoms with Crippen molar-refractivity contribution in [2.24, 2.45) is 5.92 Å². The van der Waals surface area contributed by atoms with Gasteiger partial charge in [-0.2, -0.15) is 6.42 Å². The number of hydrogen-bond acceptors (Lipinski definition) is 1. The minimum atomic E-state index is 0. The van der Waals surface area contributed by atoms with E-state index in [4.69, 9.17) is 5.11 Å². The normalized spacial score (nSPS) is 9.00. The zero-order valence-corrected chi connectivity index (χ0v) is 6.26. The topological polar surface area (TPSA) is 20.2 Å². The van der Waals surface area contributed by atoms with Crippen LogP contribution in [0.25, 0.3) is 0 Å². The van der Waals surface area contributed by atoms with Crippen LogP contribution in [0, 0.1) is 12.5 Å². The first-order chi connectivity index (χ1) is 3.27. The molecule has 0 radical (unpaired) electrons. The molecule has 1 N–H and O–H groups in total. The fourth-order valence-corrected chi connectivity index (χ4v) is 0.408. The monoisotopic (exact) mass is 164 g/mol. The molecule has 1 nitrogen and oxygen atoms in total. The van der Waals surface area contributed by atoms with Crippen molar-refractivity contribution in [2.75, 3.05) is 0 Å². The van der Waals surface area contributed by atoms with E-state index in [0.717, 1.165) is 12.8 Å². The van der Waals surface area contributed by atoms with Gasteiger partial charge >= 0.3 is 17.1 Å². The molecule has 0 unspecified atom stereocenters. The molecule has 0 rings (SSSR count). The van der Waals surface area contributed by atoms with Crippen LogP contribution in [0.2, 0.25) is 0 Å². The van der Waals surface area contributed by atoms with Crippen LogP contribution in [0.5, 0.6) is 0 Å². The Labute approximate surface area is 62.0 Å². The first-order valence-corrected chi connectivity index (χ1v) is 2.73. The Balaban J connectivity index is 0. The Morgan fingerprint density at radius 3 is 2.12 bits per heavy atom. The molecule has 0 aromatic carbocycles. The Kier molecular flexibility index (Phi) is 10.6. The third kappa shape index (κ3) is 9.70. The molecule has 0 aliphatic rings. The Hall–Kier alpha value is 0.479. The maximum Gasteiger partial charge on any atom is 1.00 e. The molecule has 2 heteroatoms. The SMILES string of the molecule is CC(C)CC[CH-]O.[Cu+]. The molecule has 0 saturated heterocycles. The average molecular weight is 165 g/mol. The van der Waals surface area contributed by atoms with Crippen LogP contribution in [-0.4, -0.2) is 5.11 Å². The van der Waals surface area contributed by atoms with Crippen molar-refractivity contribution >= 4 is 0 Å². The molecule has 0 aliphatic heterocycles. The molecular formula is C6H13CuO. The van der Waals surface area contributed by atoms with Gasteiger partial charge in [-0.15, -0.1) is 0 Å². The summed E-state index contributed by atoms with van der Waals surface area (Å²) in [6, 6.07) is 0. The minimum absolute atomic E-state index is 0. The van der Waals surface area contributed by atoms with Crippen LogP contribution in [0.15, 0.2) is 0 Å². The summed E-state index contributed by atoms with van der Waals surface area (Å²) in [6.45, 7) is 5.51. The van der Waals surface area contributed by atoms with Crippen molar-refractivity contribution in [3.63, 3.8) is 0 Å². The van der Waals surface area contributed by atoms with Crippen LogP contribution in [0.3, 0.4) is 0 Å². The maximum atomic E-state index is 8.19. The third-order valence-corrected chi connectivity index (χ3v) is 0.873. The number of hydrogen-bond donors (Lipinski definition) is 1. The molecule has 0 heterocycles. The second-order valence-electron chi connectivity index (χ2n) is 2.15. The summed E-state index contributed by atoms with van der Waals surface area (Å²) in [4.78, 5) is 0. The second kappa shape index (κ2) is 7.48. The van der Waals surface area contributed by atoms with Crippen molar-refractivity contribution in [3.8, 4) is 0 Å². The standard InChI is InChI=1S/C6H13O.Cu/c1-6(2)4-3-5-7;/h5-7H,3-4H2,1-2H3;/q-1;+1. The summed E-state index contributed by atoms with van der Waals surface area (Å²) in [5.74, 6) is 0.711.